The van der Waals surface area contributed by atoms with Crippen LogP contribution in [-0.4, -0.2) is 56.1 Å². The molecule has 1 rings (SSSR count). The molecule has 1 fully saturated rings. The van der Waals surface area contributed by atoms with Crippen molar-refractivity contribution in [1.82, 2.24) is 9.80 Å². The van der Waals surface area contributed by atoms with Crippen LogP contribution < -0.4 is 5.73 Å². The number of likely N-dealkylation sites (N-methyl/N-ethyl adjacent to an activating group) is 1. The summed E-state index contributed by atoms with van der Waals surface area (Å²) >= 11 is 0. The molecule has 0 spiro atoms. The molecule has 3 unspecified atom stereocenters. The first-order chi connectivity index (χ1) is 7.58. The fourth-order valence-electron chi connectivity index (χ4n) is 2.84. The van der Waals surface area contributed by atoms with Crippen molar-refractivity contribution < 1.29 is 0 Å². The Kier molecular flexibility index (Phi) is 5.73. The Hall–Kier alpha value is -0.120. The summed E-state index contributed by atoms with van der Waals surface area (Å²) in [6, 6.07) is 0.552. The summed E-state index contributed by atoms with van der Waals surface area (Å²) in [5, 5.41) is 0. The van der Waals surface area contributed by atoms with E-state index in [-0.39, 0.29) is 0 Å². The predicted molar refractivity (Wildman–Crippen MR) is 70.5 cm³/mol. The van der Waals surface area contributed by atoms with Crippen LogP contribution in [0.3, 0.4) is 0 Å². The molecule has 0 aromatic heterocycles. The van der Waals surface area contributed by atoms with Crippen LogP contribution in [0, 0.1) is 11.8 Å². The minimum absolute atomic E-state index is 0.552. The maximum Gasteiger partial charge on any atom is 0.0240 e. The molecule has 0 bridgehead atoms. The lowest BCUT2D eigenvalue weighted by Gasteiger charge is -2.33. The number of nitrogens with zero attached hydrogens (tertiary/aromatic N) is 2. The molecule has 3 atom stereocenters. The maximum atomic E-state index is 5.90. The van der Waals surface area contributed by atoms with Crippen LogP contribution in [0.2, 0.25) is 0 Å². The standard InChI is InChI=1S/C13H29N3/c1-5-11(2)13(8-14)16(4)10-12-6-7-15(3)9-12/h11-13H,5-10,14H2,1-4H3. The van der Waals surface area contributed by atoms with Crippen LogP contribution >= 0.6 is 0 Å². The van der Waals surface area contributed by atoms with Crippen molar-refractivity contribution in [3.05, 3.63) is 0 Å². The van der Waals surface area contributed by atoms with Crippen LogP contribution in [-0.2, 0) is 0 Å². The van der Waals surface area contributed by atoms with E-state index in [2.05, 4.69) is 37.7 Å². The summed E-state index contributed by atoms with van der Waals surface area (Å²) in [6.07, 6.45) is 2.56. The van der Waals surface area contributed by atoms with Gasteiger partial charge in [-0.15, -0.1) is 0 Å². The van der Waals surface area contributed by atoms with Crippen LogP contribution in [0.1, 0.15) is 26.7 Å². The molecule has 0 aromatic rings. The Labute approximate surface area is 101 Å². The average molecular weight is 227 g/mol. The van der Waals surface area contributed by atoms with E-state index in [4.69, 9.17) is 5.73 Å². The molecule has 0 radical (unpaired) electrons. The van der Waals surface area contributed by atoms with E-state index in [9.17, 15) is 0 Å². The van der Waals surface area contributed by atoms with Crippen LogP contribution in [0.15, 0.2) is 0 Å². The molecule has 1 aliphatic heterocycles. The lowest BCUT2D eigenvalue weighted by molar-refractivity contribution is 0.161. The van der Waals surface area contributed by atoms with E-state index in [1.54, 1.807) is 0 Å². The van der Waals surface area contributed by atoms with E-state index in [1.165, 1.54) is 32.5 Å². The highest BCUT2D eigenvalue weighted by Gasteiger charge is 2.25. The van der Waals surface area contributed by atoms with Crippen molar-refractivity contribution in [3.63, 3.8) is 0 Å². The van der Waals surface area contributed by atoms with E-state index < -0.39 is 0 Å². The minimum Gasteiger partial charge on any atom is -0.329 e. The van der Waals surface area contributed by atoms with Gasteiger partial charge in [-0.05, 0) is 38.9 Å². The highest BCUT2D eigenvalue weighted by atomic mass is 15.2. The third-order valence-electron chi connectivity index (χ3n) is 4.14. The Morgan fingerprint density at radius 1 is 1.50 bits per heavy atom. The Morgan fingerprint density at radius 3 is 2.62 bits per heavy atom. The van der Waals surface area contributed by atoms with Gasteiger partial charge in [-0.25, -0.2) is 0 Å². The number of nitrogens with two attached hydrogens (primary N) is 1. The lowest BCUT2D eigenvalue weighted by Crippen LogP contribution is -2.44. The molecular formula is C13H29N3. The normalized spacial score (nSPS) is 26.2. The van der Waals surface area contributed by atoms with Crippen molar-refractivity contribution in [2.75, 3.05) is 40.3 Å². The van der Waals surface area contributed by atoms with Gasteiger partial charge in [0.2, 0.25) is 0 Å². The summed E-state index contributed by atoms with van der Waals surface area (Å²) in [5.41, 5.74) is 5.90. The second-order valence-electron chi connectivity index (χ2n) is 5.55. The quantitative estimate of drug-likeness (QED) is 0.741. The van der Waals surface area contributed by atoms with Gasteiger partial charge in [-0.1, -0.05) is 20.3 Å². The first-order valence-corrected chi connectivity index (χ1v) is 6.67. The molecule has 1 heterocycles. The molecule has 3 heteroatoms. The summed E-state index contributed by atoms with van der Waals surface area (Å²) in [7, 11) is 4.46. The topological polar surface area (TPSA) is 32.5 Å². The summed E-state index contributed by atoms with van der Waals surface area (Å²) in [5.74, 6) is 1.54. The summed E-state index contributed by atoms with van der Waals surface area (Å²) < 4.78 is 0. The van der Waals surface area contributed by atoms with Gasteiger partial charge in [-0.3, -0.25) is 0 Å². The molecule has 96 valence electrons. The minimum atomic E-state index is 0.552. The molecule has 0 saturated carbocycles. The summed E-state index contributed by atoms with van der Waals surface area (Å²) in [4.78, 5) is 4.91. The third-order valence-corrected chi connectivity index (χ3v) is 4.14. The molecule has 1 aliphatic rings. The van der Waals surface area contributed by atoms with Gasteiger partial charge in [0.25, 0.3) is 0 Å². The third kappa shape index (κ3) is 3.72. The van der Waals surface area contributed by atoms with Crippen molar-refractivity contribution in [1.29, 1.82) is 0 Å². The van der Waals surface area contributed by atoms with Crippen molar-refractivity contribution in [3.8, 4) is 0 Å². The molecule has 3 nitrogen and oxygen atoms in total. The molecule has 0 aliphatic carbocycles. The van der Waals surface area contributed by atoms with Crippen LogP contribution in [0.25, 0.3) is 0 Å². The molecular weight excluding hydrogens is 198 g/mol. The number of rotatable bonds is 6. The number of likely N-dealkylation sites (tertiary alicyclic amines) is 1. The first-order valence-electron chi connectivity index (χ1n) is 6.67. The Bertz CT molecular complexity index is 196. The average Bonchev–Trinajstić information content (AvgIpc) is 2.64. The zero-order chi connectivity index (χ0) is 12.1. The molecule has 1 saturated heterocycles. The predicted octanol–water partition coefficient (Wildman–Crippen LogP) is 1.24. The van der Waals surface area contributed by atoms with Crippen LogP contribution in [0.4, 0.5) is 0 Å². The highest BCUT2D eigenvalue weighted by molar-refractivity contribution is 4.80. The van der Waals surface area contributed by atoms with Crippen molar-refractivity contribution in [2.45, 2.75) is 32.7 Å². The highest BCUT2D eigenvalue weighted by Crippen LogP contribution is 2.19. The molecule has 2 N–H and O–H groups in total. The first kappa shape index (κ1) is 13.9. The zero-order valence-corrected chi connectivity index (χ0v) is 11.4. The monoisotopic (exact) mass is 227 g/mol. The summed E-state index contributed by atoms with van der Waals surface area (Å²) in [6.45, 7) is 9.07. The maximum absolute atomic E-state index is 5.90. The largest absolute Gasteiger partial charge is 0.329 e. The molecule has 0 amide bonds. The van der Waals surface area contributed by atoms with Gasteiger partial charge >= 0.3 is 0 Å². The van der Waals surface area contributed by atoms with Gasteiger partial charge in [-0.2, -0.15) is 0 Å². The van der Waals surface area contributed by atoms with Crippen LogP contribution in [0.5, 0.6) is 0 Å². The van der Waals surface area contributed by atoms with E-state index in [0.717, 1.165) is 12.5 Å². The fraction of sp³-hybridized carbons (Fsp3) is 1.00. The molecule has 16 heavy (non-hydrogen) atoms. The van der Waals surface area contributed by atoms with Crippen molar-refractivity contribution in [2.24, 2.45) is 17.6 Å². The number of hydrogen-bond donors (Lipinski definition) is 1. The van der Waals surface area contributed by atoms with E-state index in [1.807, 2.05) is 0 Å². The smallest absolute Gasteiger partial charge is 0.0240 e. The van der Waals surface area contributed by atoms with Gasteiger partial charge < -0.3 is 15.5 Å². The SMILES string of the molecule is CCC(C)C(CN)N(C)CC1CCN(C)C1. The fourth-order valence-corrected chi connectivity index (χ4v) is 2.84. The van der Waals surface area contributed by atoms with Crippen molar-refractivity contribution >= 4 is 0 Å². The second-order valence-corrected chi connectivity index (χ2v) is 5.55. The van der Waals surface area contributed by atoms with Gasteiger partial charge in [0.1, 0.15) is 0 Å². The Balaban J connectivity index is 2.39. The van der Waals surface area contributed by atoms with Gasteiger partial charge in [0.15, 0.2) is 0 Å². The molecule has 0 aromatic carbocycles. The van der Waals surface area contributed by atoms with E-state index >= 15 is 0 Å². The second kappa shape index (κ2) is 6.58. The van der Waals surface area contributed by atoms with Gasteiger partial charge in [0.05, 0.1) is 0 Å². The lowest BCUT2D eigenvalue weighted by atomic mass is 9.97. The van der Waals surface area contributed by atoms with E-state index in [0.29, 0.717) is 12.0 Å². The zero-order valence-electron chi connectivity index (χ0n) is 11.4. The van der Waals surface area contributed by atoms with Gasteiger partial charge in [0, 0.05) is 25.7 Å². The number of hydrogen-bond acceptors (Lipinski definition) is 3. The Morgan fingerprint density at radius 2 is 2.19 bits per heavy atom.